The van der Waals surface area contributed by atoms with Gasteiger partial charge in [0.15, 0.2) is 0 Å². The molecule has 3 atom stereocenters. The minimum absolute atomic E-state index is 0.203. The molecule has 1 saturated heterocycles. The molecule has 7 heteroatoms. The largest absolute Gasteiger partial charge is 0.473 e. The number of rotatable bonds is 1. The molecule has 0 radical (unpaired) electrons. The predicted octanol–water partition coefficient (Wildman–Crippen LogP) is 1.67. The molecule has 4 N–H and O–H groups in total. The quantitative estimate of drug-likeness (QED) is 0.587. The van der Waals surface area contributed by atoms with E-state index in [1.165, 1.54) is 0 Å². The van der Waals surface area contributed by atoms with Gasteiger partial charge in [0.05, 0.1) is 6.10 Å². The molecule has 0 amide bonds. The van der Waals surface area contributed by atoms with Crippen molar-refractivity contribution in [2.24, 2.45) is 0 Å². The fourth-order valence-corrected chi connectivity index (χ4v) is 2.41. The van der Waals surface area contributed by atoms with E-state index in [1.54, 1.807) is 0 Å². The summed E-state index contributed by atoms with van der Waals surface area (Å²) in [7, 11) is 0. The van der Waals surface area contributed by atoms with E-state index < -0.39 is 11.9 Å². The van der Waals surface area contributed by atoms with Crippen molar-refractivity contribution in [3.05, 3.63) is 34.9 Å². The highest BCUT2D eigenvalue weighted by molar-refractivity contribution is 6.30. The molecule has 0 bridgehead atoms. The smallest absolute Gasteiger partial charge is 0.414 e. The molecule has 116 valence electrons. The molecule has 1 heterocycles. The molecule has 0 saturated carbocycles. The fraction of sp³-hybridized carbons (Fsp3) is 0.429. The summed E-state index contributed by atoms with van der Waals surface area (Å²) in [6, 6.07) is 8.41. The molecule has 1 aliphatic heterocycles. The van der Waals surface area contributed by atoms with Crippen LogP contribution in [0, 0.1) is 0 Å². The molecule has 21 heavy (non-hydrogen) atoms. The number of halogens is 1. The van der Waals surface area contributed by atoms with Crippen molar-refractivity contribution < 1.29 is 24.9 Å². The number of aliphatic hydroxyl groups excluding tert-OH is 1. The monoisotopic (exact) mass is 315 g/mol. The zero-order valence-electron chi connectivity index (χ0n) is 11.5. The molecule has 0 aromatic heterocycles. The first-order valence-corrected chi connectivity index (χ1v) is 6.83. The van der Waals surface area contributed by atoms with Gasteiger partial charge >= 0.3 is 11.9 Å². The highest BCUT2D eigenvalue weighted by Crippen LogP contribution is 2.27. The Balaban J connectivity index is 0.000000315. The van der Waals surface area contributed by atoms with Crippen LogP contribution in [-0.2, 0) is 9.59 Å². The second-order valence-corrected chi connectivity index (χ2v) is 5.35. The Morgan fingerprint density at radius 3 is 2.33 bits per heavy atom. The lowest BCUT2D eigenvalue weighted by molar-refractivity contribution is -0.159. The van der Waals surface area contributed by atoms with Crippen molar-refractivity contribution in [1.29, 1.82) is 0 Å². The minimum Gasteiger partial charge on any atom is -0.473 e. The van der Waals surface area contributed by atoms with Crippen LogP contribution in [0.15, 0.2) is 24.3 Å². The first kappa shape index (κ1) is 17.4. The Labute approximate surface area is 127 Å². The Kier molecular flexibility index (Phi) is 6.61. The van der Waals surface area contributed by atoms with E-state index in [0.717, 1.165) is 23.4 Å². The van der Waals surface area contributed by atoms with Crippen LogP contribution < -0.4 is 5.32 Å². The third kappa shape index (κ3) is 6.12. The molecule has 0 spiro atoms. The number of aliphatic carboxylic acids is 2. The van der Waals surface area contributed by atoms with Gasteiger partial charge in [0, 0.05) is 17.1 Å². The van der Waals surface area contributed by atoms with Crippen molar-refractivity contribution in [3.63, 3.8) is 0 Å². The molecule has 6 nitrogen and oxygen atoms in total. The minimum atomic E-state index is -1.82. The summed E-state index contributed by atoms with van der Waals surface area (Å²) in [5.74, 6) is -3.65. The maximum atomic E-state index is 9.71. The lowest BCUT2D eigenvalue weighted by Gasteiger charge is -2.32. The average molecular weight is 316 g/mol. The van der Waals surface area contributed by atoms with Crippen molar-refractivity contribution in [2.75, 3.05) is 0 Å². The summed E-state index contributed by atoms with van der Waals surface area (Å²) in [5.41, 5.74) is 1.16. The third-order valence-corrected chi connectivity index (χ3v) is 3.29. The maximum Gasteiger partial charge on any atom is 0.414 e. The first-order valence-electron chi connectivity index (χ1n) is 6.45. The molecule has 1 aromatic rings. The normalized spacial score (nSPS) is 24.6. The average Bonchev–Trinajstić information content (AvgIpc) is 2.38. The summed E-state index contributed by atoms with van der Waals surface area (Å²) < 4.78 is 0. The predicted molar refractivity (Wildman–Crippen MR) is 77.3 cm³/mol. The maximum absolute atomic E-state index is 9.71. The second kappa shape index (κ2) is 7.97. The number of nitrogens with one attached hydrogen (secondary N) is 1. The van der Waals surface area contributed by atoms with E-state index >= 15 is 0 Å². The van der Waals surface area contributed by atoms with E-state index in [2.05, 4.69) is 12.2 Å². The molecular formula is C14H18ClNO5. The molecule has 0 unspecified atom stereocenters. The zero-order chi connectivity index (χ0) is 16.0. The Hall–Kier alpha value is -1.63. The van der Waals surface area contributed by atoms with Gasteiger partial charge in [-0.15, -0.1) is 0 Å². The molecule has 2 rings (SSSR count). The number of benzene rings is 1. The standard InChI is InChI=1S/C12H16ClNO.C2H2O4/c1-8-5-11(15)7-12(14-8)9-3-2-4-10(13)6-9;3-1(4)2(5)6/h2-4,6,8,11-12,14-15H,5,7H2,1H3;(H,3,4)(H,5,6)/t8-,11+,12-;/m1./s1. The van der Waals surface area contributed by atoms with Gasteiger partial charge < -0.3 is 20.6 Å². The Morgan fingerprint density at radius 2 is 1.86 bits per heavy atom. The van der Waals surface area contributed by atoms with Gasteiger partial charge in [0.2, 0.25) is 0 Å². The van der Waals surface area contributed by atoms with Crippen molar-refractivity contribution in [2.45, 2.75) is 38.0 Å². The first-order chi connectivity index (χ1) is 9.79. The van der Waals surface area contributed by atoms with Crippen LogP contribution in [-0.4, -0.2) is 39.4 Å². The number of carbonyl (C=O) groups is 2. The van der Waals surface area contributed by atoms with E-state index in [0.29, 0.717) is 6.04 Å². The SMILES string of the molecule is C[C@@H]1C[C@H](O)C[C@H](c2cccc(Cl)c2)N1.O=C(O)C(=O)O. The number of hydrogen-bond acceptors (Lipinski definition) is 4. The number of aliphatic hydroxyl groups is 1. The van der Waals surface area contributed by atoms with Crippen LogP contribution >= 0.6 is 11.6 Å². The molecule has 1 aromatic carbocycles. The van der Waals surface area contributed by atoms with Crippen LogP contribution in [0.2, 0.25) is 5.02 Å². The topological polar surface area (TPSA) is 107 Å². The van der Waals surface area contributed by atoms with Gasteiger partial charge in [-0.3, -0.25) is 0 Å². The van der Waals surface area contributed by atoms with Crippen LogP contribution in [0.25, 0.3) is 0 Å². The molecular weight excluding hydrogens is 298 g/mol. The Bertz CT molecular complexity index is 486. The van der Waals surface area contributed by atoms with Crippen molar-refractivity contribution >= 4 is 23.5 Å². The molecule has 1 aliphatic rings. The van der Waals surface area contributed by atoms with Crippen LogP contribution in [0.4, 0.5) is 0 Å². The highest BCUT2D eigenvalue weighted by atomic mass is 35.5. The number of carboxylic acids is 2. The van der Waals surface area contributed by atoms with Crippen LogP contribution in [0.5, 0.6) is 0 Å². The fourth-order valence-electron chi connectivity index (χ4n) is 2.21. The van der Waals surface area contributed by atoms with Gasteiger partial charge in [0.1, 0.15) is 0 Å². The van der Waals surface area contributed by atoms with Crippen LogP contribution in [0.3, 0.4) is 0 Å². The number of piperidine rings is 1. The summed E-state index contributed by atoms with van der Waals surface area (Å²) in [5, 5.41) is 28.7. The molecule has 0 aliphatic carbocycles. The van der Waals surface area contributed by atoms with E-state index in [9.17, 15) is 5.11 Å². The summed E-state index contributed by atoms with van der Waals surface area (Å²) >= 11 is 5.95. The molecule has 1 fully saturated rings. The summed E-state index contributed by atoms with van der Waals surface area (Å²) in [6.45, 7) is 2.10. The van der Waals surface area contributed by atoms with Gasteiger partial charge in [-0.2, -0.15) is 0 Å². The van der Waals surface area contributed by atoms with Gasteiger partial charge in [-0.25, -0.2) is 9.59 Å². The Morgan fingerprint density at radius 1 is 1.24 bits per heavy atom. The third-order valence-electron chi connectivity index (χ3n) is 3.05. The zero-order valence-corrected chi connectivity index (χ0v) is 12.2. The summed E-state index contributed by atoms with van der Waals surface area (Å²) in [4.78, 5) is 18.2. The van der Waals surface area contributed by atoms with Gasteiger partial charge in [-0.1, -0.05) is 23.7 Å². The van der Waals surface area contributed by atoms with E-state index in [1.807, 2.05) is 24.3 Å². The van der Waals surface area contributed by atoms with Gasteiger partial charge in [-0.05, 0) is 37.5 Å². The van der Waals surface area contributed by atoms with Crippen molar-refractivity contribution in [1.82, 2.24) is 5.32 Å². The lowest BCUT2D eigenvalue weighted by Crippen LogP contribution is -2.40. The summed E-state index contributed by atoms with van der Waals surface area (Å²) in [6.07, 6.45) is 1.40. The van der Waals surface area contributed by atoms with Gasteiger partial charge in [0.25, 0.3) is 0 Å². The number of hydrogen-bond donors (Lipinski definition) is 4. The van der Waals surface area contributed by atoms with Crippen molar-refractivity contribution in [3.8, 4) is 0 Å². The van der Waals surface area contributed by atoms with E-state index in [-0.39, 0.29) is 12.1 Å². The second-order valence-electron chi connectivity index (χ2n) is 4.91. The van der Waals surface area contributed by atoms with E-state index in [4.69, 9.17) is 31.4 Å². The number of carboxylic acid groups (broad SMARTS) is 2. The highest BCUT2D eigenvalue weighted by Gasteiger charge is 2.25. The van der Waals surface area contributed by atoms with Crippen LogP contribution in [0.1, 0.15) is 31.4 Å². The lowest BCUT2D eigenvalue weighted by atomic mass is 9.92.